The lowest BCUT2D eigenvalue weighted by molar-refractivity contribution is -0.248. The standard InChI is InChI=1S/C23H38N4O3S/c1-20(2)12-16(21(3,4)26(20)28)13-25-14-19(31(24)30)15-9-10-17-18(11-15)23(7,8)27(29)22(17,5)6/h9-11,16,19,24-25,29H,12-14H2,1-8H3/q-1. The van der Waals surface area contributed by atoms with Crippen LogP contribution in [0, 0.1) is 10.7 Å². The Bertz CT molecular complexity index is 915. The molecule has 2 heterocycles. The molecule has 3 N–H and O–H groups in total. The first-order valence-corrected chi connectivity index (χ1v) is 12.2. The van der Waals surface area contributed by atoms with Crippen LogP contribution in [0.15, 0.2) is 18.2 Å². The van der Waals surface area contributed by atoms with Crippen LogP contribution in [0.5, 0.6) is 0 Å². The topological polar surface area (TPSA) is 99.6 Å². The van der Waals surface area contributed by atoms with Crippen molar-refractivity contribution in [2.45, 2.75) is 89.2 Å². The highest BCUT2D eigenvalue weighted by Gasteiger charge is 2.52. The monoisotopic (exact) mass is 450 g/mol. The quantitative estimate of drug-likeness (QED) is 0.556. The third kappa shape index (κ3) is 3.96. The lowest BCUT2D eigenvalue weighted by Crippen LogP contribution is -2.47. The van der Waals surface area contributed by atoms with Gasteiger partial charge in [-0.15, -0.1) is 10.3 Å². The summed E-state index contributed by atoms with van der Waals surface area (Å²) in [6, 6.07) is 5.91. The summed E-state index contributed by atoms with van der Waals surface area (Å²) in [7, 11) is -1.81. The highest BCUT2D eigenvalue weighted by molar-refractivity contribution is 7.73. The minimum absolute atomic E-state index is 0.169. The van der Waals surface area contributed by atoms with Crippen molar-refractivity contribution in [3.8, 4) is 0 Å². The van der Waals surface area contributed by atoms with Crippen LogP contribution in [0.1, 0.15) is 83.8 Å². The van der Waals surface area contributed by atoms with E-state index in [4.69, 9.17) is 4.78 Å². The van der Waals surface area contributed by atoms with Crippen LogP contribution in [0.3, 0.4) is 0 Å². The molecular weight excluding hydrogens is 412 g/mol. The van der Waals surface area contributed by atoms with Gasteiger partial charge in [0, 0.05) is 11.1 Å². The van der Waals surface area contributed by atoms with Gasteiger partial charge in [-0.2, -0.15) is 15.7 Å². The zero-order valence-corrected chi connectivity index (χ0v) is 20.9. The van der Waals surface area contributed by atoms with Crippen LogP contribution in [0.2, 0.25) is 0 Å². The lowest BCUT2D eigenvalue weighted by atomic mass is 9.87. The van der Waals surface area contributed by atoms with E-state index < -0.39 is 38.0 Å². The Labute approximate surface area is 188 Å². The number of nitrogens with one attached hydrogen (secondary N) is 2. The maximum absolute atomic E-state index is 12.6. The Balaban J connectivity index is 1.79. The highest BCUT2D eigenvalue weighted by Crippen LogP contribution is 2.48. The van der Waals surface area contributed by atoms with Crippen molar-refractivity contribution in [3.63, 3.8) is 0 Å². The van der Waals surface area contributed by atoms with Crippen LogP contribution in [0.25, 0.3) is 0 Å². The second-order valence-electron chi connectivity index (χ2n) is 11.3. The van der Waals surface area contributed by atoms with Crippen LogP contribution < -0.4 is 5.32 Å². The summed E-state index contributed by atoms with van der Waals surface area (Å²) < 4.78 is 20.3. The number of hydroxylamine groups is 4. The van der Waals surface area contributed by atoms with Gasteiger partial charge in [0.25, 0.3) is 0 Å². The number of hydrogen-bond donors (Lipinski definition) is 3. The average Bonchev–Trinajstić information content (AvgIpc) is 2.90. The number of rotatable bonds is 6. The Hall–Kier alpha value is -1.03. The summed E-state index contributed by atoms with van der Waals surface area (Å²) >= 11 is 0. The normalized spacial score (nSPS) is 27.5. The summed E-state index contributed by atoms with van der Waals surface area (Å²) in [6.07, 6.45) is 0.791. The van der Waals surface area contributed by atoms with Crippen LogP contribution >= 0.6 is 0 Å². The van der Waals surface area contributed by atoms with E-state index in [9.17, 15) is 14.6 Å². The van der Waals surface area contributed by atoms with E-state index in [0.717, 1.165) is 23.1 Å². The van der Waals surface area contributed by atoms with E-state index in [1.54, 1.807) is 0 Å². The first-order valence-electron chi connectivity index (χ1n) is 11.0. The van der Waals surface area contributed by atoms with Gasteiger partial charge in [-0.25, -0.2) is 0 Å². The van der Waals surface area contributed by atoms with Crippen molar-refractivity contribution in [2.24, 2.45) is 5.92 Å². The molecule has 0 amide bonds. The van der Waals surface area contributed by atoms with E-state index in [1.807, 2.05) is 73.6 Å². The fourth-order valence-corrected chi connectivity index (χ4v) is 6.30. The molecule has 7 nitrogen and oxygen atoms in total. The summed E-state index contributed by atoms with van der Waals surface area (Å²) in [5.41, 5.74) is 0.895. The van der Waals surface area contributed by atoms with Gasteiger partial charge < -0.3 is 19.5 Å². The van der Waals surface area contributed by atoms with E-state index in [1.165, 1.54) is 10.1 Å². The van der Waals surface area contributed by atoms with Gasteiger partial charge in [0.15, 0.2) is 0 Å². The third-order valence-corrected chi connectivity index (χ3v) is 8.55. The molecule has 3 rings (SSSR count). The molecule has 2 unspecified atom stereocenters. The molecular formula is C23H38N4O3S-. The lowest BCUT2D eigenvalue weighted by Gasteiger charge is -2.35. The molecule has 175 valence electrons. The van der Waals surface area contributed by atoms with Crippen LogP contribution in [0.4, 0.5) is 0 Å². The van der Waals surface area contributed by atoms with Crippen molar-refractivity contribution < 1.29 is 14.6 Å². The van der Waals surface area contributed by atoms with Crippen molar-refractivity contribution >= 4 is 10.6 Å². The maximum atomic E-state index is 12.6. The van der Waals surface area contributed by atoms with Gasteiger partial charge in [-0.05, 0) is 97.2 Å². The smallest absolute Gasteiger partial charge is 0.0665 e. The van der Waals surface area contributed by atoms with Crippen LogP contribution in [-0.2, 0) is 31.1 Å². The fraction of sp³-hybridized carbons (Fsp3) is 0.739. The number of nitrogens with zero attached hydrogens (tertiary/aromatic N) is 2. The Morgan fingerprint density at radius 2 is 1.71 bits per heavy atom. The average molecular weight is 451 g/mol. The van der Waals surface area contributed by atoms with E-state index >= 15 is 0 Å². The van der Waals surface area contributed by atoms with Gasteiger partial charge in [-0.1, -0.05) is 23.8 Å². The first-order chi connectivity index (χ1) is 14.0. The maximum Gasteiger partial charge on any atom is 0.0665 e. The summed E-state index contributed by atoms with van der Waals surface area (Å²) in [5, 5.41) is 28.8. The van der Waals surface area contributed by atoms with Crippen molar-refractivity contribution in [2.75, 3.05) is 13.1 Å². The van der Waals surface area contributed by atoms with Gasteiger partial charge in [0.2, 0.25) is 0 Å². The first kappa shape index (κ1) is 24.6. The molecule has 0 spiro atoms. The van der Waals surface area contributed by atoms with E-state index in [2.05, 4.69) is 5.32 Å². The van der Waals surface area contributed by atoms with Gasteiger partial charge in [-0.3, -0.25) is 0 Å². The molecule has 1 radical (unpaired) electrons. The van der Waals surface area contributed by atoms with E-state index in [-0.39, 0.29) is 5.92 Å². The molecule has 0 aromatic heterocycles. The molecule has 2 aliphatic heterocycles. The largest absolute Gasteiger partial charge is 0.444 e. The highest BCUT2D eigenvalue weighted by atomic mass is 32.2. The number of fused-ring (bicyclic) bond motifs is 1. The second kappa shape index (κ2) is 7.78. The minimum atomic E-state index is -1.81. The van der Waals surface area contributed by atoms with Gasteiger partial charge in [0.1, 0.15) is 0 Å². The molecule has 0 saturated carbocycles. The number of benzene rings is 1. The molecule has 2 aliphatic rings. The summed E-state index contributed by atoms with van der Waals surface area (Å²) in [4.78, 5) is 0. The molecule has 0 bridgehead atoms. The van der Waals surface area contributed by atoms with Crippen molar-refractivity contribution in [1.29, 1.82) is 4.78 Å². The van der Waals surface area contributed by atoms with Gasteiger partial charge in [0.05, 0.1) is 11.1 Å². The molecule has 1 saturated heterocycles. The van der Waals surface area contributed by atoms with Crippen molar-refractivity contribution in [1.82, 2.24) is 15.4 Å². The molecule has 1 aromatic carbocycles. The number of hydrogen-bond acceptors (Lipinski definition) is 7. The summed E-state index contributed by atoms with van der Waals surface area (Å²) in [6.45, 7) is 16.8. The minimum Gasteiger partial charge on any atom is -0.444 e. The molecule has 0 aliphatic carbocycles. The van der Waals surface area contributed by atoms with Gasteiger partial charge >= 0.3 is 0 Å². The Kier molecular flexibility index (Phi) is 6.18. The molecule has 31 heavy (non-hydrogen) atoms. The summed E-state index contributed by atoms with van der Waals surface area (Å²) in [5.74, 6) is 0.169. The fourth-order valence-electron chi connectivity index (χ4n) is 5.64. The predicted octanol–water partition coefficient (Wildman–Crippen LogP) is 4.44. The van der Waals surface area contributed by atoms with Crippen molar-refractivity contribution in [3.05, 3.63) is 34.9 Å². The van der Waals surface area contributed by atoms with E-state index in [0.29, 0.717) is 13.1 Å². The zero-order valence-electron chi connectivity index (χ0n) is 20.1. The molecule has 8 heteroatoms. The zero-order chi connectivity index (χ0) is 23.6. The Morgan fingerprint density at radius 1 is 1.13 bits per heavy atom. The molecule has 1 fully saturated rings. The third-order valence-electron chi connectivity index (χ3n) is 7.59. The Morgan fingerprint density at radius 3 is 2.23 bits per heavy atom. The SMILES string of the molecule is CC1(C)CC(CNCC(c2ccc3c(c2)C(C)(C)N(O)C3(C)C)[S-](=N)=O)C(C)(C)N1[O]. The molecule has 1 aromatic rings. The molecule has 2 atom stereocenters. The predicted molar refractivity (Wildman–Crippen MR) is 121 cm³/mol. The second-order valence-corrected chi connectivity index (χ2v) is 12.5. The van der Waals surface area contributed by atoms with Crippen LogP contribution in [-0.4, -0.2) is 39.5 Å².